The van der Waals surface area contributed by atoms with E-state index in [0.29, 0.717) is 43.9 Å². The van der Waals surface area contributed by atoms with Gasteiger partial charge in [-0.3, -0.25) is 9.59 Å². The number of benzene rings is 2. The van der Waals surface area contributed by atoms with Gasteiger partial charge in [-0.1, -0.05) is 30.3 Å². The summed E-state index contributed by atoms with van der Waals surface area (Å²) in [5.74, 6) is -0.539. The average molecular weight is 392 g/mol. The number of hydrogen-bond acceptors (Lipinski definition) is 3. The first-order chi connectivity index (χ1) is 12.6. The lowest BCUT2D eigenvalue weighted by Crippen LogP contribution is -2.51. The zero-order chi connectivity index (χ0) is 18.5. The Morgan fingerprint density at radius 2 is 1.63 bits per heavy atom. The van der Waals surface area contributed by atoms with Crippen molar-refractivity contribution in [1.82, 2.24) is 9.80 Å². The summed E-state index contributed by atoms with van der Waals surface area (Å²) in [6.07, 6.45) is 0.0408. The van der Waals surface area contributed by atoms with E-state index < -0.39 is 0 Å². The van der Waals surface area contributed by atoms with Crippen LogP contribution in [0.4, 0.5) is 4.39 Å². The number of nitrogens with zero attached hydrogens (tertiary/aromatic N) is 2. The molecule has 1 aliphatic rings. The number of piperazine rings is 1. The Bertz CT molecular complexity index is 807. The van der Waals surface area contributed by atoms with E-state index in [-0.39, 0.29) is 36.5 Å². The molecule has 5 nitrogen and oxygen atoms in total. The van der Waals surface area contributed by atoms with Gasteiger partial charge < -0.3 is 15.5 Å². The highest BCUT2D eigenvalue weighted by atomic mass is 35.5. The van der Waals surface area contributed by atoms with E-state index in [1.807, 2.05) is 12.1 Å². The Balaban J connectivity index is 0.00000261. The van der Waals surface area contributed by atoms with Crippen molar-refractivity contribution in [2.24, 2.45) is 5.73 Å². The van der Waals surface area contributed by atoms with Crippen molar-refractivity contribution in [3.63, 3.8) is 0 Å². The van der Waals surface area contributed by atoms with Crippen LogP contribution in [0.1, 0.15) is 21.5 Å². The van der Waals surface area contributed by atoms with Gasteiger partial charge in [-0.05, 0) is 29.3 Å². The zero-order valence-electron chi connectivity index (χ0n) is 14.9. The Morgan fingerprint density at radius 1 is 0.963 bits per heavy atom. The predicted molar refractivity (Wildman–Crippen MR) is 104 cm³/mol. The van der Waals surface area contributed by atoms with Crippen LogP contribution in [-0.4, -0.2) is 47.8 Å². The first kappa shape index (κ1) is 20.9. The quantitative estimate of drug-likeness (QED) is 0.869. The maximum Gasteiger partial charge on any atom is 0.253 e. The van der Waals surface area contributed by atoms with Gasteiger partial charge in [0, 0.05) is 38.3 Å². The highest BCUT2D eigenvalue weighted by molar-refractivity contribution is 5.94. The smallest absolute Gasteiger partial charge is 0.253 e. The summed E-state index contributed by atoms with van der Waals surface area (Å²) in [5, 5.41) is 0. The van der Waals surface area contributed by atoms with Crippen LogP contribution < -0.4 is 5.73 Å². The molecule has 144 valence electrons. The van der Waals surface area contributed by atoms with Crippen LogP contribution in [0.5, 0.6) is 0 Å². The van der Waals surface area contributed by atoms with Gasteiger partial charge in [-0.2, -0.15) is 0 Å². The molecule has 1 aliphatic heterocycles. The fourth-order valence-corrected chi connectivity index (χ4v) is 3.09. The Kier molecular flexibility index (Phi) is 7.33. The number of amides is 2. The maximum absolute atomic E-state index is 13.7. The summed E-state index contributed by atoms with van der Waals surface area (Å²) in [7, 11) is 0. The van der Waals surface area contributed by atoms with Gasteiger partial charge in [0.25, 0.3) is 5.91 Å². The number of nitrogens with two attached hydrogens (primary N) is 1. The minimum atomic E-state index is -0.366. The average Bonchev–Trinajstić information content (AvgIpc) is 2.69. The van der Waals surface area contributed by atoms with Gasteiger partial charge >= 0.3 is 0 Å². The van der Waals surface area contributed by atoms with Crippen molar-refractivity contribution in [3.8, 4) is 0 Å². The second-order valence-electron chi connectivity index (χ2n) is 6.35. The summed E-state index contributed by atoms with van der Waals surface area (Å²) in [6, 6.07) is 13.6. The van der Waals surface area contributed by atoms with Crippen molar-refractivity contribution in [2.75, 3.05) is 26.2 Å². The molecular formula is C20H23ClFN3O2. The van der Waals surface area contributed by atoms with Gasteiger partial charge in [0.2, 0.25) is 5.91 Å². The van der Waals surface area contributed by atoms with Gasteiger partial charge in [0.15, 0.2) is 0 Å². The molecule has 0 saturated carbocycles. The largest absolute Gasteiger partial charge is 0.339 e. The topological polar surface area (TPSA) is 66.6 Å². The van der Waals surface area contributed by atoms with E-state index in [0.717, 1.165) is 5.56 Å². The fraction of sp³-hybridized carbons (Fsp3) is 0.300. The van der Waals surface area contributed by atoms with Crippen LogP contribution in [-0.2, 0) is 17.8 Å². The number of rotatable bonds is 4. The van der Waals surface area contributed by atoms with E-state index in [9.17, 15) is 14.0 Å². The van der Waals surface area contributed by atoms with Crippen molar-refractivity contribution in [1.29, 1.82) is 0 Å². The molecule has 27 heavy (non-hydrogen) atoms. The summed E-state index contributed by atoms with van der Waals surface area (Å²) in [6.45, 7) is 2.23. The van der Waals surface area contributed by atoms with E-state index in [2.05, 4.69) is 0 Å². The molecule has 0 aromatic heterocycles. The van der Waals surface area contributed by atoms with Crippen molar-refractivity contribution < 1.29 is 14.0 Å². The minimum Gasteiger partial charge on any atom is -0.339 e. The molecule has 2 N–H and O–H groups in total. The predicted octanol–water partition coefficient (Wildman–Crippen LogP) is 2.23. The van der Waals surface area contributed by atoms with Crippen molar-refractivity contribution in [2.45, 2.75) is 13.0 Å². The molecule has 1 heterocycles. The van der Waals surface area contributed by atoms with E-state index in [1.165, 1.54) is 6.07 Å². The molecule has 1 saturated heterocycles. The molecule has 0 bridgehead atoms. The Hall–Kier alpha value is -2.44. The van der Waals surface area contributed by atoms with Gasteiger partial charge in [-0.15, -0.1) is 12.4 Å². The van der Waals surface area contributed by atoms with Crippen molar-refractivity contribution >= 4 is 24.2 Å². The molecule has 0 radical (unpaired) electrons. The van der Waals surface area contributed by atoms with Gasteiger partial charge in [0.05, 0.1) is 6.42 Å². The van der Waals surface area contributed by atoms with Crippen LogP contribution in [0.15, 0.2) is 48.5 Å². The first-order valence-electron chi connectivity index (χ1n) is 8.68. The van der Waals surface area contributed by atoms with E-state index >= 15 is 0 Å². The molecule has 1 fully saturated rings. The van der Waals surface area contributed by atoms with Crippen LogP contribution in [0, 0.1) is 5.82 Å². The number of carbonyl (C=O) groups is 2. The minimum absolute atomic E-state index is 0. The third-order valence-corrected chi connectivity index (χ3v) is 4.63. The number of halogens is 2. The lowest BCUT2D eigenvalue weighted by Gasteiger charge is -2.35. The summed E-state index contributed by atoms with van der Waals surface area (Å²) in [5.41, 5.74) is 7.55. The molecule has 2 aromatic rings. The molecule has 2 aromatic carbocycles. The molecule has 3 rings (SSSR count). The summed E-state index contributed by atoms with van der Waals surface area (Å²) >= 11 is 0. The monoisotopic (exact) mass is 391 g/mol. The van der Waals surface area contributed by atoms with Crippen LogP contribution in [0.3, 0.4) is 0 Å². The van der Waals surface area contributed by atoms with E-state index in [1.54, 1.807) is 40.1 Å². The summed E-state index contributed by atoms with van der Waals surface area (Å²) < 4.78 is 13.7. The third-order valence-electron chi connectivity index (χ3n) is 4.63. The zero-order valence-corrected chi connectivity index (χ0v) is 15.8. The lowest BCUT2D eigenvalue weighted by atomic mass is 10.1. The second kappa shape index (κ2) is 9.48. The van der Waals surface area contributed by atoms with Crippen LogP contribution >= 0.6 is 12.4 Å². The maximum atomic E-state index is 13.7. The standard InChI is InChI=1S/C20H22FN3O2.ClH/c21-18-7-2-1-5-16(18)13-19(25)23-8-10-24(11-9-23)20(26)17-6-3-4-15(12-17)14-22;/h1-7,12H,8-11,13-14,22H2;1H. The fourth-order valence-electron chi connectivity index (χ4n) is 3.09. The third kappa shape index (κ3) is 5.05. The van der Waals surface area contributed by atoms with Gasteiger partial charge in [-0.25, -0.2) is 4.39 Å². The lowest BCUT2D eigenvalue weighted by molar-refractivity contribution is -0.132. The molecular weight excluding hydrogens is 369 g/mol. The normalized spacial score (nSPS) is 13.9. The Morgan fingerprint density at radius 3 is 2.30 bits per heavy atom. The van der Waals surface area contributed by atoms with E-state index in [4.69, 9.17) is 5.73 Å². The number of hydrogen-bond donors (Lipinski definition) is 1. The summed E-state index contributed by atoms with van der Waals surface area (Å²) in [4.78, 5) is 28.4. The molecule has 7 heteroatoms. The molecule has 0 aliphatic carbocycles. The highest BCUT2D eigenvalue weighted by Crippen LogP contribution is 2.13. The van der Waals surface area contributed by atoms with Crippen molar-refractivity contribution in [3.05, 3.63) is 71.0 Å². The SMILES string of the molecule is Cl.NCc1cccc(C(=O)N2CCN(C(=O)Cc3ccccc3F)CC2)c1. The molecule has 0 unspecified atom stereocenters. The second-order valence-corrected chi connectivity index (χ2v) is 6.35. The highest BCUT2D eigenvalue weighted by Gasteiger charge is 2.25. The van der Waals surface area contributed by atoms with Crippen LogP contribution in [0.25, 0.3) is 0 Å². The molecule has 0 atom stereocenters. The number of carbonyl (C=O) groups excluding carboxylic acids is 2. The van der Waals surface area contributed by atoms with Crippen LogP contribution in [0.2, 0.25) is 0 Å². The molecule has 2 amide bonds. The first-order valence-corrected chi connectivity index (χ1v) is 8.68. The Labute approximate surface area is 164 Å². The van der Waals surface area contributed by atoms with Gasteiger partial charge in [0.1, 0.15) is 5.82 Å². The molecule has 0 spiro atoms.